The highest BCUT2D eigenvalue weighted by atomic mass is 16.3. The van der Waals surface area contributed by atoms with E-state index < -0.39 is 0 Å². The molecule has 2 atom stereocenters. The molecule has 1 aromatic heterocycles. The fraction of sp³-hybridized carbons (Fsp3) is 0.692. The minimum atomic E-state index is 0.0422. The van der Waals surface area contributed by atoms with Crippen molar-refractivity contribution in [2.24, 2.45) is 5.73 Å². The molecule has 1 fully saturated rings. The number of rotatable bonds is 5. The van der Waals surface area contributed by atoms with E-state index in [1.165, 1.54) is 0 Å². The average molecular weight is 253 g/mol. The highest BCUT2D eigenvalue weighted by Crippen LogP contribution is 2.25. The summed E-state index contributed by atoms with van der Waals surface area (Å²) in [6.07, 6.45) is 1.70. The number of β-amino-alcohol motifs (C(OH)–C–C–N with tert-alkyl or cyclic N) is 1. The lowest BCUT2D eigenvalue weighted by molar-refractivity contribution is 0.0678. The van der Waals surface area contributed by atoms with Crippen molar-refractivity contribution in [1.29, 1.82) is 0 Å². The molecule has 18 heavy (non-hydrogen) atoms. The summed E-state index contributed by atoms with van der Waals surface area (Å²) in [5.41, 5.74) is 6.10. The van der Waals surface area contributed by atoms with Crippen LogP contribution in [0.15, 0.2) is 22.8 Å². The van der Waals surface area contributed by atoms with E-state index in [0.717, 1.165) is 38.5 Å². The van der Waals surface area contributed by atoms with E-state index >= 15 is 0 Å². The standard InChI is InChI=1S/C13H23N3O2/c1-11(14)13(12-3-2-10-18-12)16-6-4-15(5-7-16)8-9-17/h2-3,10-11,13,17H,4-9,14H2,1H3. The molecule has 0 saturated carbocycles. The van der Waals surface area contributed by atoms with Gasteiger partial charge in [-0.25, -0.2) is 0 Å². The van der Waals surface area contributed by atoms with Crippen molar-refractivity contribution in [2.45, 2.75) is 19.0 Å². The van der Waals surface area contributed by atoms with Gasteiger partial charge < -0.3 is 15.3 Å². The summed E-state index contributed by atoms with van der Waals surface area (Å²) in [7, 11) is 0. The van der Waals surface area contributed by atoms with Crippen molar-refractivity contribution in [3.63, 3.8) is 0 Å². The topological polar surface area (TPSA) is 65.9 Å². The Kier molecular flexibility index (Phi) is 4.77. The molecule has 2 unspecified atom stereocenters. The summed E-state index contributed by atoms with van der Waals surface area (Å²) >= 11 is 0. The van der Waals surface area contributed by atoms with Crippen LogP contribution in [0.4, 0.5) is 0 Å². The monoisotopic (exact) mass is 253 g/mol. The Morgan fingerprint density at radius 2 is 2.11 bits per heavy atom. The maximum atomic E-state index is 8.94. The van der Waals surface area contributed by atoms with Crippen LogP contribution in [0, 0.1) is 0 Å². The van der Waals surface area contributed by atoms with Gasteiger partial charge >= 0.3 is 0 Å². The van der Waals surface area contributed by atoms with E-state index in [1.54, 1.807) is 6.26 Å². The van der Waals surface area contributed by atoms with Crippen LogP contribution in [-0.4, -0.2) is 60.3 Å². The van der Waals surface area contributed by atoms with Gasteiger partial charge in [0.25, 0.3) is 0 Å². The molecule has 0 aromatic carbocycles. The number of aliphatic hydroxyl groups excluding tert-OH is 1. The van der Waals surface area contributed by atoms with Gasteiger partial charge in [0.2, 0.25) is 0 Å². The zero-order valence-corrected chi connectivity index (χ0v) is 11.0. The zero-order chi connectivity index (χ0) is 13.0. The molecule has 0 radical (unpaired) electrons. The molecule has 0 amide bonds. The third-order valence-corrected chi connectivity index (χ3v) is 3.55. The van der Waals surface area contributed by atoms with Gasteiger partial charge in [-0.1, -0.05) is 0 Å². The van der Waals surface area contributed by atoms with Gasteiger partial charge in [0.1, 0.15) is 5.76 Å². The molecule has 5 nitrogen and oxygen atoms in total. The number of hydrogen-bond donors (Lipinski definition) is 2. The molecule has 1 aliphatic rings. The first-order valence-corrected chi connectivity index (χ1v) is 6.58. The summed E-state index contributed by atoms with van der Waals surface area (Å²) in [6.45, 7) is 6.90. The molecule has 1 aromatic rings. The number of furan rings is 1. The second-order valence-electron chi connectivity index (χ2n) is 4.92. The van der Waals surface area contributed by atoms with Crippen LogP contribution >= 0.6 is 0 Å². The summed E-state index contributed by atoms with van der Waals surface area (Å²) in [4.78, 5) is 4.65. The van der Waals surface area contributed by atoms with Gasteiger partial charge in [0.05, 0.1) is 18.9 Å². The minimum Gasteiger partial charge on any atom is -0.468 e. The van der Waals surface area contributed by atoms with Crippen molar-refractivity contribution in [1.82, 2.24) is 9.80 Å². The largest absolute Gasteiger partial charge is 0.468 e. The van der Waals surface area contributed by atoms with Crippen molar-refractivity contribution in [3.8, 4) is 0 Å². The van der Waals surface area contributed by atoms with E-state index in [9.17, 15) is 0 Å². The van der Waals surface area contributed by atoms with Gasteiger partial charge in [-0.2, -0.15) is 0 Å². The van der Waals surface area contributed by atoms with E-state index in [1.807, 2.05) is 19.1 Å². The van der Waals surface area contributed by atoms with Gasteiger partial charge in [0.15, 0.2) is 0 Å². The van der Waals surface area contributed by atoms with Crippen LogP contribution in [0.25, 0.3) is 0 Å². The van der Waals surface area contributed by atoms with Gasteiger partial charge in [-0.3, -0.25) is 9.80 Å². The summed E-state index contributed by atoms with van der Waals surface area (Å²) in [5.74, 6) is 0.945. The third kappa shape index (κ3) is 3.11. The van der Waals surface area contributed by atoms with Crippen LogP contribution in [0.5, 0.6) is 0 Å². The molecule has 0 spiro atoms. The molecule has 2 heterocycles. The summed E-state index contributed by atoms with van der Waals surface area (Å²) < 4.78 is 5.51. The maximum absolute atomic E-state index is 8.94. The Morgan fingerprint density at radius 1 is 1.39 bits per heavy atom. The highest BCUT2D eigenvalue weighted by molar-refractivity contribution is 5.07. The lowest BCUT2D eigenvalue weighted by atomic mass is 10.1. The van der Waals surface area contributed by atoms with E-state index in [0.29, 0.717) is 0 Å². The minimum absolute atomic E-state index is 0.0422. The van der Waals surface area contributed by atoms with Crippen LogP contribution in [-0.2, 0) is 0 Å². The molecule has 1 aliphatic heterocycles. The fourth-order valence-corrected chi connectivity index (χ4v) is 2.64. The average Bonchev–Trinajstić information content (AvgIpc) is 2.85. The SMILES string of the molecule is CC(N)C(c1ccco1)N1CCN(CCO)CC1. The second kappa shape index (κ2) is 6.33. The molecule has 2 rings (SSSR count). The van der Waals surface area contributed by atoms with E-state index in [2.05, 4.69) is 9.80 Å². The molecule has 5 heteroatoms. The van der Waals surface area contributed by atoms with Crippen molar-refractivity contribution < 1.29 is 9.52 Å². The van der Waals surface area contributed by atoms with Gasteiger partial charge in [0, 0.05) is 38.8 Å². The van der Waals surface area contributed by atoms with Crippen LogP contribution in [0.3, 0.4) is 0 Å². The zero-order valence-electron chi connectivity index (χ0n) is 11.0. The molecule has 102 valence electrons. The lowest BCUT2D eigenvalue weighted by Gasteiger charge is -2.39. The summed E-state index contributed by atoms with van der Waals surface area (Å²) in [5, 5.41) is 8.94. The third-order valence-electron chi connectivity index (χ3n) is 3.55. The first kappa shape index (κ1) is 13.5. The predicted octanol–water partition coefficient (Wildman–Crippen LogP) is 0.278. The molecule has 0 bridgehead atoms. The smallest absolute Gasteiger partial charge is 0.122 e. The molecular formula is C13H23N3O2. The number of nitrogens with zero attached hydrogens (tertiary/aromatic N) is 2. The highest BCUT2D eigenvalue weighted by Gasteiger charge is 2.29. The van der Waals surface area contributed by atoms with Crippen molar-refractivity contribution in [2.75, 3.05) is 39.3 Å². The van der Waals surface area contributed by atoms with Crippen LogP contribution in [0.1, 0.15) is 18.7 Å². The molecule has 1 saturated heterocycles. The Morgan fingerprint density at radius 3 is 2.61 bits per heavy atom. The van der Waals surface area contributed by atoms with E-state index in [4.69, 9.17) is 15.3 Å². The Balaban J connectivity index is 1.97. The Labute approximate surface area is 108 Å². The normalized spacial score (nSPS) is 21.9. The number of aliphatic hydroxyl groups is 1. The Bertz CT molecular complexity index is 332. The Hall–Kier alpha value is -0.880. The summed E-state index contributed by atoms with van der Waals surface area (Å²) in [6, 6.07) is 4.10. The predicted molar refractivity (Wildman–Crippen MR) is 70.2 cm³/mol. The quantitative estimate of drug-likeness (QED) is 0.789. The van der Waals surface area contributed by atoms with Crippen molar-refractivity contribution in [3.05, 3.63) is 24.2 Å². The van der Waals surface area contributed by atoms with Gasteiger partial charge in [-0.15, -0.1) is 0 Å². The number of hydrogen-bond acceptors (Lipinski definition) is 5. The first-order chi connectivity index (χ1) is 8.72. The van der Waals surface area contributed by atoms with Crippen LogP contribution < -0.4 is 5.73 Å². The first-order valence-electron chi connectivity index (χ1n) is 6.58. The van der Waals surface area contributed by atoms with Crippen LogP contribution in [0.2, 0.25) is 0 Å². The molecule has 0 aliphatic carbocycles. The van der Waals surface area contributed by atoms with Gasteiger partial charge in [-0.05, 0) is 19.1 Å². The maximum Gasteiger partial charge on any atom is 0.122 e. The van der Waals surface area contributed by atoms with Crippen molar-refractivity contribution >= 4 is 0 Å². The number of piperazine rings is 1. The molecular weight excluding hydrogens is 230 g/mol. The second-order valence-corrected chi connectivity index (χ2v) is 4.92. The molecule has 3 N–H and O–H groups in total. The van der Waals surface area contributed by atoms with E-state index in [-0.39, 0.29) is 18.7 Å². The fourth-order valence-electron chi connectivity index (χ4n) is 2.64. The lowest BCUT2D eigenvalue weighted by Crippen LogP contribution is -2.51. The number of nitrogens with two attached hydrogens (primary N) is 1.